The summed E-state index contributed by atoms with van der Waals surface area (Å²) in [5.74, 6) is 0.237. The molecule has 0 atom stereocenters. The number of hydrogen-bond acceptors (Lipinski definition) is 4. The van der Waals surface area contributed by atoms with Crippen LogP contribution in [-0.4, -0.2) is 20.9 Å². The Kier molecular flexibility index (Phi) is 4.19. The minimum absolute atomic E-state index is 0.237. The molecule has 0 radical (unpaired) electrons. The van der Waals surface area contributed by atoms with Gasteiger partial charge in [0.2, 0.25) is 5.82 Å². The molecule has 2 rings (SSSR count). The number of hydrogen-bond donors (Lipinski definition) is 1. The van der Waals surface area contributed by atoms with Crippen molar-refractivity contribution in [3.8, 4) is 0 Å². The Morgan fingerprint density at radius 2 is 2.11 bits per heavy atom. The lowest BCUT2D eigenvalue weighted by molar-refractivity contribution is 0.603. The monoisotopic (exact) mass is 264 g/mol. The topological polar surface area (TPSA) is 68.9 Å². The van der Waals surface area contributed by atoms with Crippen molar-refractivity contribution in [3.05, 3.63) is 32.5 Å². The maximum absolute atomic E-state index is 11.8. The zero-order valence-corrected chi connectivity index (χ0v) is 11.5. The summed E-state index contributed by atoms with van der Waals surface area (Å²) in [6, 6.07) is 0. The first kappa shape index (κ1) is 13.6. The first-order chi connectivity index (χ1) is 9.09. The third kappa shape index (κ3) is 3.13. The number of rotatable bonds is 4. The highest BCUT2D eigenvalue weighted by Crippen LogP contribution is 2.19. The number of nitrogens with zero attached hydrogens (tertiary/aromatic N) is 3. The maximum Gasteiger partial charge on any atom is 0.346 e. The highest BCUT2D eigenvalue weighted by molar-refractivity contribution is 5.29. The summed E-state index contributed by atoms with van der Waals surface area (Å²) < 4.78 is 2.23. The molecule has 6 nitrogen and oxygen atoms in total. The zero-order valence-electron chi connectivity index (χ0n) is 11.5. The Balaban J connectivity index is 2.02. The van der Waals surface area contributed by atoms with Crippen LogP contribution in [0.4, 0.5) is 5.82 Å². The molecule has 0 amide bonds. The van der Waals surface area contributed by atoms with Crippen LogP contribution in [0.15, 0.2) is 21.2 Å². The summed E-state index contributed by atoms with van der Waals surface area (Å²) in [4.78, 5) is 23.3. The summed E-state index contributed by atoms with van der Waals surface area (Å²) >= 11 is 0. The van der Waals surface area contributed by atoms with Crippen molar-refractivity contribution >= 4 is 5.82 Å². The lowest BCUT2D eigenvalue weighted by atomic mass is 9.97. The van der Waals surface area contributed by atoms with Gasteiger partial charge in [0, 0.05) is 20.6 Å². The van der Waals surface area contributed by atoms with Gasteiger partial charge in [-0.2, -0.15) is 0 Å². The van der Waals surface area contributed by atoms with Gasteiger partial charge in [-0.15, -0.1) is 5.10 Å². The van der Waals surface area contributed by atoms with Gasteiger partial charge in [0.05, 0.1) is 0 Å². The van der Waals surface area contributed by atoms with Gasteiger partial charge in [-0.1, -0.05) is 11.6 Å². The van der Waals surface area contributed by atoms with Crippen LogP contribution < -0.4 is 16.6 Å². The molecule has 0 bridgehead atoms. The third-order valence-electron chi connectivity index (χ3n) is 3.44. The van der Waals surface area contributed by atoms with E-state index in [0.717, 1.165) is 23.8 Å². The van der Waals surface area contributed by atoms with E-state index in [-0.39, 0.29) is 11.4 Å². The molecule has 6 heteroatoms. The molecule has 0 unspecified atom stereocenters. The second-order valence-corrected chi connectivity index (χ2v) is 4.90. The lowest BCUT2D eigenvalue weighted by Gasteiger charge is -2.13. The molecule has 19 heavy (non-hydrogen) atoms. The van der Waals surface area contributed by atoms with Crippen molar-refractivity contribution < 1.29 is 0 Å². The van der Waals surface area contributed by atoms with Gasteiger partial charge < -0.3 is 5.32 Å². The molecule has 1 aromatic rings. The van der Waals surface area contributed by atoms with E-state index >= 15 is 0 Å². The second kappa shape index (κ2) is 5.86. The van der Waals surface area contributed by atoms with Crippen LogP contribution in [0.3, 0.4) is 0 Å². The van der Waals surface area contributed by atoms with Crippen LogP contribution in [0.1, 0.15) is 32.1 Å². The fourth-order valence-corrected chi connectivity index (χ4v) is 2.28. The molecule has 0 saturated heterocycles. The van der Waals surface area contributed by atoms with Crippen molar-refractivity contribution in [1.82, 2.24) is 14.3 Å². The van der Waals surface area contributed by atoms with E-state index in [4.69, 9.17) is 0 Å². The van der Waals surface area contributed by atoms with Gasteiger partial charge in [0.15, 0.2) is 0 Å². The van der Waals surface area contributed by atoms with E-state index in [1.165, 1.54) is 37.2 Å². The number of allylic oxidation sites excluding steroid dienone is 1. The molecule has 1 aromatic heterocycles. The molecule has 1 aliphatic carbocycles. The van der Waals surface area contributed by atoms with E-state index < -0.39 is 5.69 Å². The van der Waals surface area contributed by atoms with Gasteiger partial charge in [-0.25, -0.2) is 9.48 Å². The normalized spacial score (nSPS) is 15.2. The molecule has 0 saturated carbocycles. The minimum Gasteiger partial charge on any atom is -0.364 e. The van der Waals surface area contributed by atoms with Crippen LogP contribution in [0.5, 0.6) is 0 Å². The number of aryl methyl sites for hydroxylation is 1. The van der Waals surface area contributed by atoms with Crippen molar-refractivity contribution in [2.75, 3.05) is 11.9 Å². The SMILES string of the molecule is Cn1nc(NCCC2=CCCCC2)c(=O)n(C)c1=O. The molecule has 1 aliphatic rings. The Hall–Kier alpha value is -1.85. The van der Waals surface area contributed by atoms with Crippen molar-refractivity contribution in [2.24, 2.45) is 14.1 Å². The summed E-state index contributed by atoms with van der Waals surface area (Å²) in [6.07, 6.45) is 8.06. The largest absolute Gasteiger partial charge is 0.364 e. The molecule has 0 aromatic carbocycles. The van der Waals surface area contributed by atoms with Gasteiger partial charge in [0.1, 0.15) is 0 Å². The number of aromatic nitrogens is 3. The van der Waals surface area contributed by atoms with Gasteiger partial charge in [-0.3, -0.25) is 9.36 Å². The molecular formula is C13H20N4O2. The van der Waals surface area contributed by atoms with E-state index in [1.54, 1.807) is 0 Å². The standard InChI is InChI=1S/C13H20N4O2/c1-16-12(18)11(15-17(2)13(16)19)14-9-8-10-6-4-3-5-7-10/h6H,3-5,7-9H2,1-2H3,(H,14,15). The predicted molar refractivity (Wildman–Crippen MR) is 74.4 cm³/mol. The molecule has 0 fully saturated rings. The summed E-state index contributed by atoms with van der Waals surface area (Å²) in [5, 5.41) is 6.98. The van der Waals surface area contributed by atoms with Crippen LogP contribution in [0, 0.1) is 0 Å². The maximum atomic E-state index is 11.8. The molecular weight excluding hydrogens is 244 g/mol. The first-order valence-corrected chi connectivity index (χ1v) is 6.65. The Morgan fingerprint density at radius 3 is 2.79 bits per heavy atom. The molecule has 0 spiro atoms. The van der Waals surface area contributed by atoms with E-state index in [2.05, 4.69) is 16.5 Å². The Bertz CT molecular complexity index is 598. The molecule has 1 heterocycles. The Labute approximate surface area is 111 Å². The van der Waals surface area contributed by atoms with E-state index in [9.17, 15) is 9.59 Å². The highest BCUT2D eigenvalue weighted by atomic mass is 16.2. The van der Waals surface area contributed by atoms with Crippen molar-refractivity contribution in [1.29, 1.82) is 0 Å². The van der Waals surface area contributed by atoms with Crippen molar-refractivity contribution in [3.63, 3.8) is 0 Å². The van der Waals surface area contributed by atoms with E-state index in [0.29, 0.717) is 6.54 Å². The average molecular weight is 264 g/mol. The summed E-state index contributed by atoms with van der Waals surface area (Å²) in [6.45, 7) is 0.673. The number of anilines is 1. The van der Waals surface area contributed by atoms with Gasteiger partial charge >= 0.3 is 5.69 Å². The molecule has 1 N–H and O–H groups in total. The first-order valence-electron chi connectivity index (χ1n) is 6.65. The quantitative estimate of drug-likeness (QED) is 0.816. The smallest absolute Gasteiger partial charge is 0.346 e. The molecule has 104 valence electrons. The minimum atomic E-state index is -0.412. The van der Waals surface area contributed by atoms with E-state index in [1.807, 2.05) is 0 Å². The fourth-order valence-electron chi connectivity index (χ4n) is 2.28. The number of nitrogens with one attached hydrogen (secondary N) is 1. The zero-order chi connectivity index (χ0) is 13.8. The van der Waals surface area contributed by atoms with Gasteiger partial charge in [0.25, 0.3) is 5.56 Å². The summed E-state index contributed by atoms with van der Waals surface area (Å²) in [5.41, 5.74) is 0.659. The third-order valence-corrected chi connectivity index (χ3v) is 3.44. The van der Waals surface area contributed by atoms with Crippen LogP contribution in [0.25, 0.3) is 0 Å². The lowest BCUT2D eigenvalue weighted by Crippen LogP contribution is -2.40. The Morgan fingerprint density at radius 1 is 1.32 bits per heavy atom. The molecule has 0 aliphatic heterocycles. The van der Waals surface area contributed by atoms with Crippen LogP contribution >= 0.6 is 0 Å². The summed E-state index contributed by atoms with van der Waals surface area (Å²) in [7, 11) is 3.00. The highest BCUT2D eigenvalue weighted by Gasteiger charge is 2.08. The average Bonchev–Trinajstić information content (AvgIpc) is 2.43. The van der Waals surface area contributed by atoms with Crippen molar-refractivity contribution in [2.45, 2.75) is 32.1 Å². The fraction of sp³-hybridized carbons (Fsp3) is 0.615. The van der Waals surface area contributed by atoms with Gasteiger partial charge in [-0.05, 0) is 32.1 Å². The van der Waals surface area contributed by atoms with Crippen LogP contribution in [-0.2, 0) is 14.1 Å². The van der Waals surface area contributed by atoms with Crippen LogP contribution in [0.2, 0.25) is 0 Å². The second-order valence-electron chi connectivity index (χ2n) is 4.90. The predicted octanol–water partition coefficient (Wildman–Crippen LogP) is 0.781.